The molecule has 34 heavy (non-hydrogen) atoms. The van der Waals surface area contributed by atoms with Crippen LogP contribution < -0.4 is 19.2 Å². The highest BCUT2D eigenvalue weighted by atomic mass is 35.5. The van der Waals surface area contributed by atoms with Gasteiger partial charge in [-0.15, -0.1) is 0 Å². The molecule has 4 aromatic rings. The Balaban J connectivity index is 1.45. The van der Waals surface area contributed by atoms with Crippen molar-refractivity contribution in [3.05, 3.63) is 81.4 Å². The van der Waals surface area contributed by atoms with Crippen LogP contribution in [0.5, 0.6) is 5.75 Å². The van der Waals surface area contributed by atoms with E-state index in [1.54, 1.807) is 49.5 Å². The molecule has 8 nitrogen and oxygen atoms in total. The highest BCUT2D eigenvalue weighted by molar-refractivity contribution is 7.92. The molecule has 1 aliphatic heterocycles. The lowest BCUT2D eigenvalue weighted by Gasteiger charge is -2.34. The van der Waals surface area contributed by atoms with Gasteiger partial charge in [-0.25, -0.2) is 8.42 Å². The first-order valence-electron chi connectivity index (χ1n) is 10.2. The molecule has 0 spiro atoms. The monoisotopic (exact) mass is 515 g/mol. The summed E-state index contributed by atoms with van der Waals surface area (Å²) < 4.78 is 36.2. The van der Waals surface area contributed by atoms with E-state index in [0.29, 0.717) is 16.4 Å². The number of anilines is 2. The van der Waals surface area contributed by atoms with E-state index in [2.05, 4.69) is 5.32 Å². The van der Waals surface area contributed by atoms with Crippen LogP contribution in [0.2, 0.25) is 5.02 Å². The molecule has 1 aromatic heterocycles. The lowest BCUT2D eigenvalue weighted by atomic mass is 10.2. The van der Waals surface area contributed by atoms with Gasteiger partial charge in [0.1, 0.15) is 5.75 Å². The number of amides is 1. The molecule has 0 bridgehead atoms. The molecule has 3 aromatic carbocycles. The smallest absolute Gasteiger partial charge is 0.307 e. The summed E-state index contributed by atoms with van der Waals surface area (Å²) in [5.41, 5.74) is 1.59. The Morgan fingerprint density at radius 2 is 1.85 bits per heavy atom. The van der Waals surface area contributed by atoms with Crippen LogP contribution in [0.4, 0.5) is 11.4 Å². The van der Waals surface area contributed by atoms with Crippen LogP contribution in [0.1, 0.15) is 0 Å². The van der Waals surface area contributed by atoms with Crippen molar-refractivity contribution < 1.29 is 17.9 Å². The number of nitrogens with one attached hydrogen (secondary N) is 1. The van der Waals surface area contributed by atoms with E-state index in [4.69, 9.17) is 16.3 Å². The summed E-state index contributed by atoms with van der Waals surface area (Å²) in [6.45, 7) is -0.214. The Bertz CT molecular complexity index is 1580. The van der Waals surface area contributed by atoms with Crippen molar-refractivity contribution in [1.82, 2.24) is 4.57 Å². The molecule has 174 valence electrons. The summed E-state index contributed by atoms with van der Waals surface area (Å²) in [6, 6.07) is 17.6. The number of hydrogen-bond acceptors (Lipinski definition) is 6. The number of ether oxygens (including phenoxy) is 1. The minimum Gasteiger partial charge on any atom is -0.476 e. The van der Waals surface area contributed by atoms with E-state index in [-0.39, 0.29) is 22.1 Å². The van der Waals surface area contributed by atoms with E-state index < -0.39 is 22.0 Å². The van der Waals surface area contributed by atoms with Crippen LogP contribution in [-0.4, -0.2) is 31.5 Å². The fourth-order valence-corrected chi connectivity index (χ4v) is 6.26. The van der Waals surface area contributed by atoms with Crippen molar-refractivity contribution in [3.63, 3.8) is 0 Å². The first-order valence-corrected chi connectivity index (χ1v) is 12.8. The van der Waals surface area contributed by atoms with Gasteiger partial charge >= 0.3 is 4.87 Å². The molecule has 1 atom stereocenters. The lowest BCUT2D eigenvalue weighted by molar-refractivity contribution is -0.122. The van der Waals surface area contributed by atoms with Crippen molar-refractivity contribution in [2.75, 3.05) is 16.2 Å². The van der Waals surface area contributed by atoms with E-state index in [1.165, 1.54) is 33.1 Å². The number of carbonyl (C=O) groups is 1. The lowest BCUT2D eigenvalue weighted by Crippen LogP contribution is -2.48. The van der Waals surface area contributed by atoms with Crippen LogP contribution >= 0.6 is 22.9 Å². The number of nitrogens with zero attached hydrogens (tertiary/aromatic N) is 2. The number of hydrogen-bond donors (Lipinski definition) is 1. The first kappa shape index (κ1) is 22.5. The second-order valence-electron chi connectivity index (χ2n) is 7.66. The maximum Gasteiger partial charge on any atom is 0.307 e. The molecule has 1 N–H and O–H groups in total. The van der Waals surface area contributed by atoms with Gasteiger partial charge in [-0.1, -0.05) is 35.1 Å². The first-order chi connectivity index (χ1) is 16.2. The summed E-state index contributed by atoms with van der Waals surface area (Å²) in [6.07, 6.45) is -1.10. The van der Waals surface area contributed by atoms with Gasteiger partial charge in [0.05, 0.1) is 27.3 Å². The largest absolute Gasteiger partial charge is 0.476 e. The summed E-state index contributed by atoms with van der Waals surface area (Å²) in [5, 5.41) is 3.19. The third kappa shape index (κ3) is 3.93. The van der Waals surface area contributed by atoms with Gasteiger partial charge in [0.15, 0.2) is 6.10 Å². The molecule has 11 heteroatoms. The molecule has 0 saturated heterocycles. The average molecular weight is 516 g/mol. The molecule has 5 rings (SSSR count). The Kier molecular flexibility index (Phi) is 5.59. The Hall–Kier alpha value is -3.34. The van der Waals surface area contributed by atoms with Gasteiger partial charge in [0.2, 0.25) is 0 Å². The van der Waals surface area contributed by atoms with Crippen molar-refractivity contribution >= 4 is 60.5 Å². The Labute approximate surface area is 204 Å². The molecule has 0 fully saturated rings. The quantitative estimate of drug-likeness (QED) is 0.445. The predicted molar refractivity (Wildman–Crippen MR) is 133 cm³/mol. The molecule has 0 radical (unpaired) electrons. The van der Waals surface area contributed by atoms with E-state index >= 15 is 0 Å². The summed E-state index contributed by atoms with van der Waals surface area (Å²) >= 11 is 6.99. The fraction of sp³-hybridized carbons (Fsp3) is 0.130. The number of benzene rings is 3. The zero-order chi connectivity index (χ0) is 24.0. The number of carbonyl (C=O) groups excluding carboxylic acids is 1. The van der Waals surface area contributed by atoms with E-state index in [1.807, 2.05) is 0 Å². The standard InChI is InChI=1S/C23H18ClN3O5S2/c1-26-18-11-8-15(12-21(18)33-23(26)29)25-22(28)20-13-27(17-4-2-3-5-19(17)32-20)34(30,31)16-9-6-14(24)7-10-16/h2-12,20H,13H2,1H3,(H,25,28). The van der Waals surface area contributed by atoms with Crippen LogP contribution in [0.25, 0.3) is 10.2 Å². The maximum absolute atomic E-state index is 13.4. The van der Waals surface area contributed by atoms with Crippen LogP contribution in [0, 0.1) is 0 Å². The van der Waals surface area contributed by atoms with Crippen molar-refractivity contribution in [2.24, 2.45) is 7.05 Å². The van der Waals surface area contributed by atoms with Crippen molar-refractivity contribution in [1.29, 1.82) is 0 Å². The number of halogens is 1. The average Bonchev–Trinajstić information content (AvgIpc) is 3.11. The molecule has 0 saturated carbocycles. The van der Waals surface area contributed by atoms with Crippen molar-refractivity contribution in [2.45, 2.75) is 11.0 Å². The molecule has 1 unspecified atom stereocenters. The highest BCUT2D eigenvalue weighted by Crippen LogP contribution is 2.37. The molecule has 1 amide bonds. The molecular formula is C23H18ClN3O5S2. The second kappa shape index (κ2) is 8.46. The van der Waals surface area contributed by atoms with Gasteiger partial charge in [-0.3, -0.25) is 13.9 Å². The number of fused-ring (bicyclic) bond motifs is 2. The highest BCUT2D eigenvalue weighted by Gasteiger charge is 2.37. The van der Waals surface area contributed by atoms with Gasteiger partial charge in [-0.05, 0) is 54.6 Å². The van der Waals surface area contributed by atoms with Crippen LogP contribution in [0.3, 0.4) is 0 Å². The molecular weight excluding hydrogens is 498 g/mol. The Morgan fingerprint density at radius 3 is 2.62 bits per heavy atom. The number of sulfonamides is 1. The van der Waals surface area contributed by atoms with Crippen LogP contribution in [0.15, 0.2) is 76.4 Å². The molecule has 0 aliphatic carbocycles. The zero-order valence-electron chi connectivity index (χ0n) is 17.8. The van der Waals surface area contributed by atoms with Gasteiger partial charge < -0.3 is 14.6 Å². The molecule has 1 aliphatic rings. The summed E-state index contributed by atoms with van der Waals surface area (Å²) in [5.74, 6) is -0.225. The summed E-state index contributed by atoms with van der Waals surface area (Å²) in [7, 11) is -2.30. The predicted octanol–water partition coefficient (Wildman–Crippen LogP) is 3.85. The van der Waals surface area contributed by atoms with Gasteiger partial charge in [0, 0.05) is 17.8 Å². The normalized spacial score (nSPS) is 15.6. The minimum atomic E-state index is -3.98. The van der Waals surface area contributed by atoms with Crippen molar-refractivity contribution in [3.8, 4) is 5.75 Å². The number of aromatic nitrogens is 1. The number of rotatable bonds is 4. The Morgan fingerprint density at radius 1 is 1.12 bits per heavy atom. The maximum atomic E-state index is 13.4. The molecule has 2 heterocycles. The minimum absolute atomic E-state index is 0.0530. The zero-order valence-corrected chi connectivity index (χ0v) is 20.2. The number of aryl methyl sites for hydroxylation is 1. The fourth-order valence-electron chi connectivity index (χ4n) is 3.73. The second-order valence-corrected chi connectivity index (χ2v) is 11.0. The van der Waals surface area contributed by atoms with E-state index in [0.717, 1.165) is 21.6 Å². The van der Waals surface area contributed by atoms with Gasteiger partial charge in [0.25, 0.3) is 15.9 Å². The van der Waals surface area contributed by atoms with Gasteiger partial charge in [-0.2, -0.15) is 0 Å². The SMILES string of the molecule is Cn1c(=O)sc2cc(NC(=O)C3CN(S(=O)(=O)c4ccc(Cl)cc4)c4ccccc4O3)ccc21. The van der Waals surface area contributed by atoms with E-state index in [9.17, 15) is 18.0 Å². The number of para-hydroxylation sites is 2. The third-order valence-electron chi connectivity index (χ3n) is 5.49. The number of thiazole rings is 1. The topological polar surface area (TPSA) is 97.7 Å². The third-order valence-corrected chi connectivity index (χ3v) is 8.53. The summed E-state index contributed by atoms with van der Waals surface area (Å²) in [4.78, 5) is 25.0. The van der Waals surface area contributed by atoms with Crippen LogP contribution in [-0.2, 0) is 21.9 Å².